The largest absolute Gasteiger partial charge is 0.359 e. The summed E-state index contributed by atoms with van der Waals surface area (Å²) in [5.41, 5.74) is 3.84. The van der Waals surface area contributed by atoms with Gasteiger partial charge in [-0.25, -0.2) is 0 Å². The molecule has 0 fully saturated rings. The molecule has 0 unspecified atom stereocenters. The molecule has 0 aliphatic rings. The van der Waals surface area contributed by atoms with E-state index in [0.29, 0.717) is 11.2 Å². The molecule has 0 bridgehead atoms. The van der Waals surface area contributed by atoms with E-state index in [-0.39, 0.29) is 0 Å². The molecular formula is C15H17N3S. The third kappa shape index (κ3) is 4.03. The van der Waals surface area contributed by atoms with Gasteiger partial charge in [0.2, 0.25) is 0 Å². The van der Waals surface area contributed by atoms with Gasteiger partial charge in [0.05, 0.1) is 6.21 Å². The van der Waals surface area contributed by atoms with Gasteiger partial charge in [0, 0.05) is 6.04 Å². The van der Waals surface area contributed by atoms with Crippen LogP contribution in [0.2, 0.25) is 0 Å². The summed E-state index contributed by atoms with van der Waals surface area (Å²) in [6.07, 6.45) is 1.76. The quantitative estimate of drug-likeness (QED) is 0.512. The smallest absolute Gasteiger partial charge is 0.187 e. The minimum absolute atomic E-state index is 0.302. The van der Waals surface area contributed by atoms with E-state index in [1.165, 1.54) is 10.8 Å². The van der Waals surface area contributed by atoms with Gasteiger partial charge >= 0.3 is 0 Å². The van der Waals surface area contributed by atoms with Gasteiger partial charge in [-0.05, 0) is 48.5 Å². The van der Waals surface area contributed by atoms with Gasteiger partial charge in [-0.1, -0.05) is 36.4 Å². The Bertz CT molecular complexity index is 605. The second kappa shape index (κ2) is 6.29. The summed E-state index contributed by atoms with van der Waals surface area (Å²) in [6.45, 7) is 4.06. The fraction of sp³-hybridized carbons (Fsp3) is 0.200. The van der Waals surface area contributed by atoms with Crippen LogP contribution in [0.1, 0.15) is 19.4 Å². The van der Waals surface area contributed by atoms with Gasteiger partial charge in [0.15, 0.2) is 5.11 Å². The Balaban J connectivity index is 2.03. The number of benzene rings is 2. The number of thiocarbonyl (C=S) groups is 1. The molecule has 0 spiro atoms. The fourth-order valence-corrected chi connectivity index (χ4v) is 2.04. The topological polar surface area (TPSA) is 36.4 Å². The van der Waals surface area contributed by atoms with Crippen LogP contribution in [0.15, 0.2) is 47.6 Å². The molecule has 0 aliphatic heterocycles. The Morgan fingerprint density at radius 2 is 1.89 bits per heavy atom. The molecule has 0 radical (unpaired) electrons. The molecule has 3 nitrogen and oxygen atoms in total. The van der Waals surface area contributed by atoms with Crippen molar-refractivity contribution in [3.63, 3.8) is 0 Å². The van der Waals surface area contributed by atoms with E-state index < -0.39 is 0 Å². The maximum absolute atomic E-state index is 5.09. The van der Waals surface area contributed by atoms with Crippen LogP contribution in [0.5, 0.6) is 0 Å². The number of nitrogens with one attached hydrogen (secondary N) is 2. The van der Waals surface area contributed by atoms with E-state index >= 15 is 0 Å². The fourth-order valence-electron chi connectivity index (χ4n) is 1.75. The van der Waals surface area contributed by atoms with Gasteiger partial charge in [-0.2, -0.15) is 5.10 Å². The first-order chi connectivity index (χ1) is 9.15. The van der Waals surface area contributed by atoms with Crippen LogP contribution in [0.4, 0.5) is 0 Å². The third-order valence-corrected chi connectivity index (χ3v) is 2.78. The van der Waals surface area contributed by atoms with E-state index in [0.717, 1.165) is 5.56 Å². The van der Waals surface area contributed by atoms with Crippen LogP contribution >= 0.6 is 12.2 Å². The molecule has 0 aliphatic carbocycles. The first-order valence-corrected chi connectivity index (χ1v) is 6.64. The van der Waals surface area contributed by atoms with Gasteiger partial charge in [-0.15, -0.1) is 0 Å². The number of fused-ring (bicyclic) bond motifs is 1. The average molecular weight is 271 g/mol. The Kier molecular flexibility index (Phi) is 4.47. The molecule has 0 saturated heterocycles. The van der Waals surface area contributed by atoms with E-state index in [9.17, 15) is 0 Å². The lowest BCUT2D eigenvalue weighted by Crippen LogP contribution is -2.36. The second-order valence-electron chi connectivity index (χ2n) is 4.60. The SMILES string of the molecule is CC(C)NC(=S)N/N=C/c1ccc2ccccc2c1. The number of nitrogens with zero attached hydrogens (tertiary/aromatic N) is 1. The highest BCUT2D eigenvalue weighted by atomic mass is 32.1. The van der Waals surface area contributed by atoms with Crippen molar-refractivity contribution in [1.82, 2.24) is 10.7 Å². The van der Waals surface area contributed by atoms with Crippen molar-refractivity contribution in [3.8, 4) is 0 Å². The van der Waals surface area contributed by atoms with Crippen molar-refractivity contribution < 1.29 is 0 Å². The molecule has 2 N–H and O–H groups in total. The maximum Gasteiger partial charge on any atom is 0.187 e. The monoisotopic (exact) mass is 271 g/mol. The maximum atomic E-state index is 5.09. The molecular weight excluding hydrogens is 254 g/mol. The Labute approximate surface area is 118 Å². The molecule has 0 aromatic heterocycles. The van der Waals surface area contributed by atoms with E-state index in [1.807, 2.05) is 32.0 Å². The predicted octanol–water partition coefficient (Wildman–Crippen LogP) is 3.05. The van der Waals surface area contributed by atoms with Crippen LogP contribution < -0.4 is 10.7 Å². The lowest BCUT2D eigenvalue weighted by molar-refractivity contribution is 0.720. The number of hydrogen-bond acceptors (Lipinski definition) is 2. The van der Waals surface area contributed by atoms with Crippen molar-refractivity contribution in [2.24, 2.45) is 5.10 Å². The molecule has 4 heteroatoms. The standard InChI is InChI=1S/C15H17N3S/c1-11(2)17-15(19)18-16-10-12-7-8-13-5-3-4-6-14(13)9-12/h3-11H,1-2H3,(H2,17,18,19)/b16-10+. The van der Waals surface area contributed by atoms with E-state index in [2.05, 4.69) is 40.1 Å². The van der Waals surface area contributed by atoms with Crippen molar-refractivity contribution in [2.75, 3.05) is 0 Å². The number of hydrogen-bond donors (Lipinski definition) is 2. The first kappa shape index (κ1) is 13.5. The summed E-state index contributed by atoms with van der Waals surface area (Å²) in [5, 5.41) is 10.2. The zero-order valence-electron chi connectivity index (χ0n) is 11.1. The molecule has 19 heavy (non-hydrogen) atoms. The normalized spacial score (nSPS) is 11.1. The average Bonchev–Trinajstić information content (AvgIpc) is 2.37. The van der Waals surface area contributed by atoms with Gasteiger partial charge < -0.3 is 5.32 Å². The molecule has 0 heterocycles. The van der Waals surface area contributed by atoms with Crippen molar-refractivity contribution in [2.45, 2.75) is 19.9 Å². The molecule has 0 amide bonds. The van der Waals surface area contributed by atoms with Crippen LogP contribution in [-0.4, -0.2) is 17.4 Å². The summed E-state index contributed by atoms with van der Waals surface area (Å²) in [7, 11) is 0. The minimum Gasteiger partial charge on any atom is -0.359 e. The molecule has 0 atom stereocenters. The van der Waals surface area contributed by atoms with Crippen LogP contribution in [0.3, 0.4) is 0 Å². The van der Waals surface area contributed by atoms with Gasteiger partial charge in [0.1, 0.15) is 0 Å². The summed E-state index contributed by atoms with van der Waals surface area (Å²) < 4.78 is 0. The first-order valence-electron chi connectivity index (χ1n) is 6.23. The predicted molar refractivity (Wildman–Crippen MR) is 85.5 cm³/mol. The van der Waals surface area contributed by atoms with Crippen LogP contribution in [0.25, 0.3) is 10.8 Å². The van der Waals surface area contributed by atoms with E-state index in [4.69, 9.17) is 12.2 Å². The van der Waals surface area contributed by atoms with Crippen molar-refractivity contribution >= 4 is 34.3 Å². The van der Waals surface area contributed by atoms with Crippen LogP contribution in [-0.2, 0) is 0 Å². The van der Waals surface area contributed by atoms with Crippen LogP contribution in [0, 0.1) is 0 Å². The lowest BCUT2D eigenvalue weighted by atomic mass is 10.1. The Morgan fingerprint density at radius 3 is 2.63 bits per heavy atom. The molecule has 98 valence electrons. The zero-order valence-corrected chi connectivity index (χ0v) is 11.9. The molecule has 2 aromatic rings. The third-order valence-electron chi connectivity index (χ3n) is 2.57. The molecule has 2 aromatic carbocycles. The lowest BCUT2D eigenvalue weighted by Gasteiger charge is -2.09. The minimum atomic E-state index is 0.302. The summed E-state index contributed by atoms with van der Waals surface area (Å²) in [4.78, 5) is 0. The van der Waals surface area contributed by atoms with Gasteiger partial charge in [-0.3, -0.25) is 5.43 Å². The number of rotatable bonds is 3. The summed E-state index contributed by atoms with van der Waals surface area (Å²) in [5.74, 6) is 0. The molecule has 0 saturated carbocycles. The molecule has 2 rings (SSSR count). The highest BCUT2D eigenvalue weighted by molar-refractivity contribution is 7.80. The second-order valence-corrected chi connectivity index (χ2v) is 5.01. The number of hydrazone groups is 1. The Morgan fingerprint density at radius 1 is 1.16 bits per heavy atom. The zero-order chi connectivity index (χ0) is 13.7. The van der Waals surface area contributed by atoms with E-state index in [1.54, 1.807) is 6.21 Å². The summed E-state index contributed by atoms with van der Waals surface area (Å²) >= 11 is 5.09. The highest BCUT2D eigenvalue weighted by Crippen LogP contribution is 2.14. The van der Waals surface area contributed by atoms with Crippen molar-refractivity contribution in [3.05, 3.63) is 48.0 Å². The van der Waals surface area contributed by atoms with Gasteiger partial charge in [0.25, 0.3) is 0 Å². The summed E-state index contributed by atoms with van der Waals surface area (Å²) in [6, 6.07) is 14.8. The Hall–Kier alpha value is -1.94. The highest BCUT2D eigenvalue weighted by Gasteiger charge is 1.96. The van der Waals surface area contributed by atoms with Crippen molar-refractivity contribution in [1.29, 1.82) is 0 Å².